The molecular formula is C15H24FNO2. The molecule has 0 saturated heterocycles. The fourth-order valence-corrected chi connectivity index (χ4v) is 1.82. The SMILES string of the molecule is CCC(N)Cc1cccc(F)c1OC(C)CCOC. The molecule has 2 unspecified atom stereocenters. The van der Waals surface area contributed by atoms with Crippen LogP contribution in [0.2, 0.25) is 0 Å². The van der Waals surface area contributed by atoms with Gasteiger partial charge in [0.1, 0.15) is 0 Å². The van der Waals surface area contributed by atoms with Gasteiger partial charge in [-0.1, -0.05) is 19.1 Å². The Morgan fingerprint density at radius 2 is 2.11 bits per heavy atom. The van der Waals surface area contributed by atoms with E-state index in [2.05, 4.69) is 0 Å². The van der Waals surface area contributed by atoms with Gasteiger partial charge in [-0.2, -0.15) is 0 Å². The minimum Gasteiger partial charge on any atom is -0.487 e. The Labute approximate surface area is 114 Å². The van der Waals surface area contributed by atoms with Crippen LogP contribution in [0, 0.1) is 5.82 Å². The molecule has 2 N–H and O–H groups in total. The molecule has 0 heterocycles. The molecule has 2 atom stereocenters. The molecule has 1 aromatic rings. The lowest BCUT2D eigenvalue weighted by Crippen LogP contribution is -2.23. The van der Waals surface area contributed by atoms with Gasteiger partial charge >= 0.3 is 0 Å². The van der Waals surface area contributed by atoms with Crippen LogP contribution in [-0.2, 0) is 11.2 Å². The number of rotatable bonds is 8. The number of nitrogens with two attached hydrogens (primary N) is 1. The number of hydrogen-bond acceptors (Lipinski definition) is 3. The number of ether oxygens (including phenoxy) is 2. The van der Waals surface area contributed by atoms with Crippen LogP contribution in [0.15, 0.2) is 18.2 Å². The lowest BCUT2D eigenvalue weighted by atomic mass is 10.0. The average Bonchev–Trinajstić information content (AvgIpc) is 2.40. The van der Waals surface area contributed by atoms with E-state index in [9.17, 15) is 4.39 Å². The molecule has 3 nitrogen and oxygen atoms in total. The van der Waals surface area contributed by atoms with E-state index in [1.165, 1.54) is 6.07 Å². The van der Waals surface area contributed by atoms with E-state index in [1.807, 2.05) is 19.9 Å². The number of halogens is 1. The molecule has 0 radical (unpaired) electrons. The lowest BCUT2D eigenvalue weighted by Gasteiger charge is -2.19. The van der Waals surface area contributed by atoms with Crippen molar-refractivity contribution >= 4 is 0 Å². The first-order chi connectivity index (χ1) is 9.08. The van der Waals surface area contributed by atoms with Crippen LogP contribution in [-0.4, -0.2) is 25.9 Å². The van der Waals surface area contributed by atoms with Gasteiger partial charge in [-0.05, 0) is 31.4 Å². The minimum atomic E-state index is -0.329. The molecule has 0 fully saturated rings. The summed E-state index contributed by atoms with van der Waals surface area (Å²) in [5.74, 6) is 0.0000676. The summed E-state index contributed by atoms with van der Waals surface area (Å²) in [6.45, 7) is 4.53. The van der Waals surface area contributed by atoms with Gasteiger partial charge in [0.25, 0.3) is 0 Å². The standard InChI is InChI=1S/C15H24FNO2/c1-4-13(17)10-12-6-5-7-14(16)15(12)19-11(2)8-9-18-3/h5-7,11,13H,4,8-10,17H2,1-3H3. The Balaban J connectivity index is 2.79. The van der Waals surface area contributed by atoms with Crippen molar-refractivity contribution in [2.45, 2.75) is 45.3 Å². The van der Waals surface area contributed by atoms with Crippen LogP contribution in [0.3, 0.4) is 0 Å². The molecule has 0 aromatic heterocycles. The fraction of sp³-hybridized carbons (Fsp3) is 0.600. The van der Waals surface area contributed by atoms with Gasteiger partial charge < -0.3 is 15.2 Å². The van der Waals surface area contributed by atoms with Gasteiger partial charge in [0.2, 0.25) is 0 Å². The second-order valence-electron chi connectivity index (χ2n) is 4.81. The molecule has 0 aliphatic carbocycles. The topological polar surface area (TPSA) is 44.5 Å². The molecule has 108 valence electrons. The van der Waals surface area contributed by atoms with Crippen molar-refractivity contribution in [2.24, 2.45) is 5.73 Å². The Morgan fingerprint density at radius 1 is 1.37 bits per heavy atom. The second kappa shape index (κ2) is 8.12. The summed E-state index contributed by atoms with van der Waals surface area (Å²) in [5.41, 5.74) is 6.77. The monoisotopic (exact) mass is 269 g/mol. The summed E-state index contributed by atoms with van der Waals surface area (Å²) >= 11 is 0. The van der Waals surface area contributed by atoms with Crippen LogP contribution in [0.5, 0.6) is 5.75 Å². The molecule has 19 heavy (non-hydrogen) atoms. The second-order valence-corrected chi connectivity index (χ2v) is 4.81. The summed E-state index contributed by atoms with van der Waals surface area (Å²) in [4.78, 5) is 0. The molecule has 0 spiro atoms. The Hall–Kier alpha value is -1.13. The fourth-order valence-electron chi connectivity index (χ4n) is 1.82. The van der Waals surface area contributed by atoms with Gasteiger partial charge in [0.15, 0.2) is 11.6 Å². The highest BCUT2D eigenvalue weighted by Gasteiger charge is 2.15. The van der Waals surface area contributed by atoms with Crippen LogP contribution < -0.4 is 10.5 Å². The third kappa shape index (κ3) is 5.17. The first kappa shape index (κ1) is 15.9. The number of para-hydroxylation sites is 1. The molecule has 0 aliphatic heterocycles. The van der Waals surface area contributed by atoms with E-state index >= 15 is 0 Å². The lowest BCUT2D eigenvalue weighted by molar-refractivity contribution is 0.131. The zero-order valence-electron chi connectivity index (χ0n) is 12.0. The maximum Gasteiger partial charge on any atom is 0.165 e. The van der Waals surface area contributed by atoms with E-state index in [-0.39, 0.29) is 18.0 Å². The summed E-state index contributed by atoms with van der Waals surface area (Å²) in [6, 6.07) is 5.01. The number of hydrogen-bond donors (Lipinski definition) is 1. The zero-order chi connectivity index (χ0) is 14.3. The van der Waals surface area contributed by atoms with Gasteiger partial charge in [-0.3, -0.25) is 0 Å². The normalized spacial score (nSPS) is 14.2. The molecule has 1 rings (SSSR count). The van der Waals surface area contributed by atoms with E-state index in [1.54, 1.807) is 13.2 Å². The van der Waals surface area contributed by atoms with Crippen molar-refractivity contribution in [3.8, 4) is 5.75 Å². The van der Waals surface area contributed by atoms with Crippen molar-refractivity contribution in [2.75, 3.05) is 13.7 Å². The first-order valence-electron chi connectivity index (χ1n) is 6.77. The Bertz CT molecular complexity index is 384. The van der Waals surface area contributed by atoms with Crippen LogP contribution in [0.25, 0.3) is 0 Å². The molecule has 0 saturated carbocycles. The van der Waals surface area contributed by atoms with Crippen molar-refractivity contribution in [1.82, 2.24) is 0 Å². The molecule has 0 bridgehead atoms. The highest BCUT2D eigenvalue weighted by atomic mass is 19.1. The summed E-state index contributed by atoms with van der Waals surface area (Å²) in [7, 11) is 1.64. The predicted molar refractivity (Wildman–Crippen MR) is 75.0 cm³/mol. The van der Waals surface area contributed by atoms with Gasteiger partial charge in [0, 0.05) is 26.2 Å². The summed E-state index contributed by atoms with van der Waals surface area (Å²) in [5, 5.41) is 0. The maximum absolute atomic E-state index is 13.9. The van der Waals surface area contributed by atoms with E-state index < -0.39 is 0 Å². The molecule has 0 aliphatic rings. The zero-order valence-corrected chi connectivity index (χ0v) is 12.0. The Morgan fingerprint density at radius 3 is 2.74 bits per heavy atom. The molecule has 1 aromatic carbocycles. The van der Waals surface area contributed by atoms with Crippen molar-refractivity contribution < 1.29 is 13.9 Å². The van der Waals surface area contributed by atoms with E-state index in [0.29, 0.717) is 18.8 Å². The number of methoxy groups -OCH3 is 1. The third-order valence-electron chi connectivity index (χ3n) is 3.10. The van der Waals surface area contributed by atoms with Gasteiger partial charge in [0.05, 0.1) is 6.10 Å². The Kier molecular flexibility index (Phi) is 6.81. The largest absolute Gasteiger partial charge is 0.487 e. The molecule has 4 heteroatoms. The quantitative estimate of drug-likeness (QED) is 0.789. The van der Waals surface area contributed by atoms with Crippen LogP contribution >= 0.6 is 0 Å². The van der Waals surface area contributed by atoms with Crippen LogP contribution in [0.4, 0.5) is 4.39 Å². The summed E-state index contributed by atoms with van der Waals surface area (Å²) < 4.78 is 24.6. The van der Waals surface area contributed by atoms with Crippen molar-refractivity contribution in [1.29, 1.82) is 0 Å². The minimum absolute atomic E-state index is 0.0263. The summed E-state index contributed by atoms with van der Waals surface area (Å²) in [6.07, 6.45) is 2.12. The number of benzene rings is 1. The highest BCUT2D eigenvalue weighted by Crippen LogP contribution is 2.25. The van der Waals surface area contributed by atoms with E-state index in [4.69, 9.17) is 15.2 Å². The predicted octanol–water partition coefficient (Wildman–Crippen LogP) is 2.91. The van der Waals surface area contributed by atoms with E-state index in [0.717, 1.165) is 18.4 Å². The average molecular weight is 269 g/mol. The molecule has 0 amide bonds. The third-order valence-corrected chi connectivity index (χ3v) is 3.10. The first-order valence-corrected chi connectivity index (χ1v) is 6.77. The maximum atomic E-state index is 13.9. The smallest absolute Gasteiger partial charge is 0.165 e. The molecular weight excluding hydrogens is 245 g/mol. The highest BCUT2D eigenvalue weighted by molar-refractivity contribution is 5.35. The van der Waals surface area contributed by atoms with Crippen molar-refractivity contribution in [3.63, 3.8) is 0 Å². The van der Waals surface area contributed by atoms with Gasteiger partial charge in [-0.25, -0.2) is 4.39 Å². The van der Waals surface area contributed by atoms with Crippen LogP contribution in [0.1, 0.15) is 32.3 Å². The van der Waals surface area contributed by atoms with Gasteiger partial charge in [-0.15, -0.1) is 0 Å². The van der Waals surface area contributed by atoms with Crippen molar-refractivity contribution in [3.05, 3.63) is 29.6 Å².